The van der Waals surface area contributed by atoms with Crippen LogP contribution in [0.5, 0.6) is 0 Å². The van der Waals surface area contributed by atoms with Gasteiger partial charge in [-0.05, 0) is 0 Å². The molecule has 4 nitrogen and oxygen atoms in total. The van der Waals surface area contributed by atoms with Gasteiger partial charge in [-0.2, -0.15) is 0 Å². The van der Waals surface area contributed by atoms with Crippen LogP contribution in [0.15, 0.2) is 0 Å². The molecule has 0 saturated heterocycles. The van der Waals surface area contributed by atoms with Gasteiger partial charge in [-0.25, -0.2) is 18.1 Å². The van der Waals surface area contributed by atoms with E-state index in [0.717, 1.165) is 0 Å². The summed E-state index contributed by atoms with van der Waals surface area (Å²) in [6.45, 7) is 9.33. The van der Waals surface area contributed by atoms with Crippen molar-refractivity contribution in [2.45, 2.75) is 55.1 Å². The van der Waals surface area contributed by atoms with Crippen molar-refractivity contribution < 1.29 is 18.1 Å². The van der Waals surface area contributed by atoms with E-state index in [4.69, 9.17) is 118 Å². The van der Waals surface area contributed by atoms with Gasteiger partial charge in [0.05, 0.1) is 0 Å². The van der Waals surface area contributed by atoms with Crippen LogP contribution in [0.3, 0.4) is 0 Å². The molecule has 0 aliphatic carbocycles. The van der Waals surface area contributed by atoms with Crippen LogP contribution in [-0.4, -0.2) is 31.2 Å². The van der Waals surface area contributed by atoms with Crippen LogP contribution >= 0.6 is 112 Å². The predicted molar refractivity (Wildman–Crippen MR) is 128 cm³/mol. The first-order chi connectivity index (χ1) is 12.6. The van der Waals surface area contributed by atoms with E-state index < -0.39 is 37.6 Å². The third kappa shape index (κ3) is 7.88. The first-order valence-electron chi connectivity index (χ1n) is 8.09. The molecule has 176 valence electrons. The summed E-state index contributed by atoms with van der Waals surface area (Å²) in [5.41, 5.74) is -3.40. The molecule has 0 N–H and O–H groups in total. The van der Waals surface area contributed by atoms with Gasteiger partial charge in [0.2, 0.25) is 13.6 Å². The number of hydrogen-bond acceptors (Lipinski definition) is 4. The molecule has 0 radical (unpaired) electrons. The second-order valence-electron chi connectivity index (χ2n) is 8.32. The average molecular weight is 618 g/mol. The Hall–Kier alpha value is 2.72. The first-order valence-corrected chi connectivity index (χ1v) is 13.4. The zero-order valence-electron chi connectivity index (χ0n) is 16.6. The predicted octanol–water partition coefficient (Wildman–Crippen LogP) is 9.33. The van der Waals surface area contributed by atoms with Crippen molar-refractivity contribution >= 4 is 112 Å². The minimum Gasteiger partial charge on any atom is -0.249 e. The van der Waals surface area contributed by atoms with E-state index in [1.54, 1.807) is 41.5 Å². The number of phosphoric acid groups is 1. The fourth-order valence-electron chi connectivity index (χ4n) is 1.08. The van der Waals surface area contributed by atoms with Crippen LogP contribution in [0.1, 0.15) is 41.5 Å². The fourth-order valence-corrected chi connectivity index (χ4v) is 5.67. The lowest BCUT2D eigenvalue weighted by molar-refractivity contribution is -0.0139. The zero-order valence-corrected chi connectivity index (χ0v) is 24.3. The maximum absolute atomic E-state index is 13.6. The lowest BCUT2D eigenvalue weighted by Crippen LogP contribution is -2.44. The summed E-state index contributed by atoms with van der Waals surface area (Å²) in [5.74, 6) is -0.250. The Morgan fingerprint density at radius 3 is 0.862 bits per heavy atom. The molecule has 0 aliphatic rings. The van der Waals surface area contributed by atoms with Gasteiger partial charge >= 0.3 is 7.82 Å². The van der Waals surface area contributed by atoms with E-state index in [9.17, 15) is 4.57 Å². The van der Waals surface area contributed by atoms with E-state index in [1.165, 1.54) is 0 Å². The Bertz CT molecular complexity index is 528. The average Bonchev–Trinajstić information content (AvgIpc) is 2.51. The fraction of sp³-hybridized carbons (Fsp3) is 1.00. The maximum Gasteiger partial charge on any atom is 0.482 e. The van der Waals surface area contributed by atoms with Crippen LogP contribution in [0.2, 0.25) is 0 Å². The molecule has 14 heteroatoms. The van der Waals surface area contributed by atoms with Gasteiger partial charge in [0.1, 0.15) is 0 Å². The lowest BCUT2D eigenvalue weighted by Gasteiger charge is -2.43. The molecule has 0 unspecified atom stereocenters. The second kappa shape index (κ2) is 10.5. The summed E-state index contributed by atoms with van der Waals surface area (Å²) in [6.07, 6.45) is 0. The number of rotatable bonds is 12. The summed E-state index contributed by atoms with van der Waals surface area (Å²) in [6, 6.07) is 0. The highest BCUT2D eigenvalue weighted by Gasteiger charge is 2.58. The Labute approximate surface area is 217 Å². The quantitative estimate of drug-likeness (QED) is 0.162. The summed E-state index contributed by atoms with van der Waals surface area (Å²) in [7, 11) is -4.88. The van der Waals surface area contributed by atoms with Crippen LogP contribution < -0.4 is 0 Å². The maximum atomic E-state index is 13.6. The van der Waals surface area contributed by atoms with Crippen LogP contribution in [0.25, 0.3) is 0 Å². The van der Waals surface area contributed by atoms with Crippen molar-refractivity contribution in [2.75, 3.05) is 17.6 Å². The second-order valence-corrected chi connectivity index (χ2v) is 14.3. The van der Waals surface area contributed by atoms with Gasteiger partial charge < -0.3 is 0 Å². The Kier molecular flexibility index (Phi) is 11.5. The van der Waals surface area contributed by atoms with E-state index >= 15 is 0 Å². The topological polar surface area (TPSA) is 44.8 Å². The molecule has 0 atom stereocenters. The van der Waals surface area contributed by atoms with Gasteiger partial charge in [-0.3, -0.25) is 0 Å². The molecule has 0 bridgehead atoms. The van der Waals surface area contributed by atoms with Crippen molar-refractivity contribution in [3.05, 3.63) is 0 Å². The molecular weight excluding hydrogens is 594 g/mol. The van der Waals surface area contributed by atoms with Crippen molar-refractivity contribution in [1.82, 2.24) is 0 Å². The lowest BCUT2D eigenvalue weighted by atomic mass is 9.97. The number of phosphoric ester groups is 1. The minimum absolute atomic E-state index is 0.0832. The molecule has 0 aliphatic heterocycles. The van der Waals surface area contributed by atoms with Crippen LogP contribution in [0.4, 0.5) is 0 Å². The molecule has 0 saturated carbocycles. The van der Waals surface area contributed by atoms with Gasteiger partial charge in [-0.15, -0.1) is 34.8 Å². The third-order valence-corrected chi connectivity index (χ3v) is 11.7. The molecule has 0 rings (SSSR count). The minimum atomic E-state index is -4.88. The molecule has 0 aromatic rings. The Balaban J connectivity index is 6.31. The van der Waals surface area contributed by atoms with E-state index in [-0.39, 0.29) is 17.6 Å². The van der Waals surface area contributed by atoms with Crippen molar-refractivity contribution in [3.63, 3.8) is 0 Å². The number of alkyl halides is 9. The monoisotopic (exact) mass is 614 g/mol. The Morgan fingerprint density at radius 1 is 0.552 bits per heavy atom. The molecule has 0 aromatic heterocycles. The smallest absolute Gasteiger partial charge is 0.249 e. The van der Waals surface area contributed by atoms with Crippen LogP contribution in [0, 0.1) is 16.2 Å². The molecular formula is C15H24Cl9O4P. The van der Waals surface area contributed by atoms with Crippen LogP contribution in [-0.2, 0) is 18.1 Å². The highest BCUT2D eigenvalue weighted by molar-refractivity contribution is 7.49. The summed E-state index contributed by atoms with van der Waals surface area (Å²) >= 11 is 55.3. The number of hydrogen-bond donors (Lipinski definition) is 0. The van der Waals surface area contributed by atoms with E-state index in [1.807, 2.05) is 0 Å². The third-order valence-electron chi connectivity index (χ3n) is 4.05. The van der Waals surface area contributed by atoms with Gasteiger partial charge in [0, 0.05) is 33.9 Å². The molecule has 29 heavy (non-hydrogen) atoms. The van der Waals surface area contributed by atoms with Crippen molar-refractivity contribution in [3.8, 4) is 0 Å². The van der Waals surface area contributed by atoms with Gasteiger partial charge in [-0.1, -0.05) is 111 Å². The van der Waals surface area contributed by atoms with Gasteiger partial charge in [0.15, 0.2) is 0 Å². The normalized spacial score (nSPS) is 15.7. The highest BCUT2D eigenvalue weighted by Crippen LogP contribution is 2.67. The molecule has 0 fully saturated rings. The largest absolute Gasteiger partial charge is 0.482 e. The summed E-state index contributed by atoms with van der Waals surface area (Å²) in [5, 5.41) is 0. The molecule has 0 spiro atoms. The highest BCUT2D eigenvalue weighted by atomic mass is 35.5. The molecule has 0 heterocycles. The summed E-state index contributed by atoms with van der Waals surface area (Å²) < 4.78 is 23.2. The van der Waals surface area contributed by atoms with Crippen molar-refractivity contribution in [2.24, 2.45) is 16.2 Å². The number of halogens is 9. The van der Waals surface area contributed by atoms with Crippen molar-refractivity contribution in [1.29, 1.82) is 0 Å². The van der Waals surface area contributed by atoms with Gasteiger partial charge in [0.25, 0.3) is 0 Å². The standard InChI is InChI=1S/C15H24Cl9O4P/c1-10(2,7-16)13(19,20)26-29(25,27-14(21,22)11(3,4)8-17)28-15(23,24)12(5,6)9-18/h7-9H2,1-6H3. The zero-order chi connectivity index (χ0) is 23.7. The SMILES string of the molecule is CC(C)(CCl)C(Cl)(Cl)OP(=O)(OC(Cl)(Cl)C(C)(C)CCl)OC(Cl)(Cl)C(C)(C)CCl. The van der Waals surface area contributed by atoms with E-state index in [0.29, 0.717) is 0 Å². The molecule has 0 aromatic carbocycles. The summed E-state index contributed by atoms with van der Waals surface area (Å²) in [4.78, 5) is 0. The molecule has 0 amide bonds. The Morgan fingerprint density at radius 2 is 0.724 bits per heavy atom. The first kappa shape index (κ1) is 31.7. The van der Waals surface area contributed by atoms with E-state index in [2.05, 4.69) is 0 Å².